The van der Waals surface area contributed by atoms with Crippen molar-refractivity contribution in [1.29, 1.82) is 5.41 Å². The Morgan fingerprint density at radius 1 is 1.24 bits per heavy atom. The summed E-state index contributed by atoms with van der Waals surface area (Å²) < 4.78 is 7.21. The topological polar surface area (TPSA) is 80.0 Å². The Labute approximate surface area is 220 Å². The summed E-state index contributed by atoms with van der Waals surface area (Å²) in [6.07, 6.45) is 19.5. The lowest BCUT2D eigenvalue weighted by atomic mass is 9.87. The number of carbonyl (C=O) groups excluding carboxylic acids is 1. The predicted molar refractivity (Wildman–Crippen MR) is 149 cm³/mol. The Morgan fingerprint density at radius 3 is 2.65 bits per heavy atom. The summed E-state index contributed by atoms with van der Waals surface area (Å²) in [6.45, 7) is 6.50. The molecule has 1 aliphatic heterocycles. The molecule has 0 amide bonds. The Bertz CT molecular complexity index is 1310. The van der Waals surface area contributed by atoms with Crippen molar-refractivity contribution in [3.63, 3.8) is 0 Å². The van der Waals surface area contributed by atoms with Gasteiger partial charge in [0.15, 0.2) is 0 Å². The van der Waals surface area contributed by atoms with Crippen molar-refractivity contribution in [2.75, 3.05) is 7.11 Å². The van der Waals surface area contributed by atoms with Crippen molar-refractivity contribution in [2.45, 2.75) is 64.8 Å². The summed E-state index contributed by atoms with van der Waals surface area (Å²) in [6, 6.07) is 0.101. The quantitative estimate of drug-likeness (QED) is 0.471. The molecule has 2 heterocycles. The molecule has 6 heteroatoms. The number of hydrogen-bond donors (Lipinski definition) is 2. The lowest BCUT2D eigenvalue weighted by molar-refractivity contribution is -0.145. The minimum absolute atomic E-state index is 0.0339. The molecule has 6 nitrogen and oxygen atoms in total. The van der Waals surface area contributed by atoms with Crippen LogP contribution in [0.1, 0.15) is 76.0 Å². The number of carbonyl (C=O) groups is 1. The zero-order valence-electron chi connectivity index (χ0n) is 22.6. The van der Waals surface area contributed by atoms with Crippen LogP contribution in [0.25, 0.3) is 11.1 Å². The van der Waals surface area contributed by atoms with E-state index >= 15 is 0 Å². The molecule has 1 fully saturated rings. The average molecular weight is 499 g/mol. The van der Waals surface area contributed by atoms with Crippen LogP contribution in [0.4, 0.5) is 0 Å². The molecule has 5 rings (SSSR count). The van der Waals surface area contributed by atoms with Gasteiger partial charge in [-0.25, -0.2) is 4.98 Å². The van der Waals surface area contributed by atoms with Crippen molar-refractivity contribution in [3.05, 3.63) is 76.6 Å². The third kappa shape index (κ3) is 4.94. The first-order chi connectivity index (χ1) is 17.8. The van der Waals surface area contributed by atoms with Crippen LogP contribution in [-0.2, 0) is 16.6 Å². The fraction of sp³-hybridized carbons (Fsp3) is 0.452. The largest absolute Gasteiger partial charge is 0.469 e. The zero-order chi connectivity index (χ0) is 26.3. The first-order valence-electron chi connectivity index (χ1n) is 13.5. The Hall–Kier alpha value is -3.41. The number of ether oxygens (including phenoxy) is 1. The highest BCUT2D eigenvalue weighted by atomic mass is 16.5. The van der Waals surface area contributed by atoms with Gasteiger partial charge in [0, 0.05) is 41.1 Å². The van der Waals surface area contributed by atoms with E-state index in [4.69, 9.17) is 15.1 Å². The number of imidazole rings is 1. The van der Waals surface area contributed by atoms with E-state index in [9.17, 15) is 4.79 Å². The summed E-state index contributed by atoms with van der Waals surface area (Å²) in [5.74, 6) is 1.72. The number of esters is 1. The van der Waals surface area contributed by atoms with Gasteiger partial charge in [0.05, 0.1) is 30.5 Å². The number of nitrogens with one attached hydrogen (secondary N) is 2. The smallest absolute Gasteiger partial charge is 0.308 e. The van der Waals surface area contributed by atoms with Crippen LogP contribution in [0.15, 0.2) is 59.4 Å². The van der Waals surface area contributed by atoms with Crippen molar-refractivity contribution >= 4 is 22.8 Å². The predicted octanol–water partition coefficient (Wildman–Crippen LogP) is 6.01. The summed E-state index contributed by atoms with van der Waals surface area (Å²) in [4.78, 5) is 17.2. The second-order valence-electron chi connectivity index (χ2n) is 11.0. The molecule has 4 aliphatic rings. The summed E-state index contributed by atoms with van der Waals surface area (Å²) in [7, 11) is 3.60. The molecule has 3 aliphatic carbocycles. The molecule has 0 radical (unpaired) electrons. The van der Waals surface area contributed by atoms with Gasteiger partial charge in [-0.3, -0.25) is 4.79 Å². The molecular weight excluding hydrogens is 460 g/mol. The molecule has 2 N–H and O–H groups in total. The molecule has 1 aromatic heterocycles. The molecule has 0 spiro atoms. The number of allylic oxidation sites excluding steroid dienone is 10. The molecule has 2 atom stereocenters. The number of hydrogen-bond acceptors (Lipinski definition) is 5. The summed E-state index contributed by atoms with van der Waals surface area (Å²) in [5.41, 5.74) is 8.46. The number of rotatable bonds is 6. The molecule has 2 unspecified atom stereocenters. The SMILES string of the molecule is COC(=O)C1CC=C(C2=CC=C(c3nc(C4=CC=CC(=N)/C4=C\C(C)C)c(C4CC4)n3C)C(C)N2)CC1. The van der Waals surface area contributed by atoms with Gasteiger partial charge >= 0.3 is 5.97 Å². The van der Waals surface area contributed by atoms with Crippen LogP contribution < -0.4 is 5.32 Å². The molecule has 1 aromatic rings. The molecule has 0 bridgehead atoms. The first-order valence-corrected chi connectivity index (χ1v) is 13.5. The van der Waals surface area contributed by atoms with Gasteiger partial charge in [-0.05, 0) is 62.7 Å². The standard InChI is InChI=1S/C31H38N4O2/c1-18(2)17-25-24(7-6-8-26(25)32)28-29(21-11-12-21)35(4)30(34-28)23-15-16-27(33-19(23)3)20-9-13-22(14-10-20)31(36)37-5/h6-9,15-19,21-22,32-33H,10-14H2,1-5H3/b25-17-,32-26?. The van der Waals surface area contributed by atoms with Crippen LogP contribution >= 0.6 is 0 Å². The first kappa shape index (κ1) is 25.2. The molecule has 0 aromatic carbocycles. The fourth-order valence-electron chi connectivity index (χ4n) is 5.68. The number of nitrogens with zero attached hydrogens (tertiary/aromatic N) is 2. The van der Waals surface area contributed by atoms with Crippen LogP contribution in [-0.4, -0.2) is 34.4 Å². The molecular formula is C31H38N4O2. The van der Waals surface area contributed by atoms with E-state index in [0.717, 1.165) is 47.6 Å². The highest BCUT2D eigenvalue weighted by Gasteiger charge is 2.35. The maximum Gasteiger partial charge on any atom is 0.308 e. The fourth-order valence-corrected chi connectivity index (χ4v) is 5.68. The minimum atomic E-state index is -0.112. The molecule has 37 heavy (non-hydrogen) atoms. The van der Waals surface area contributed by atoms with E-state index in [1.165, 1.54) is 36.8 Å². The third-order valence-electron chi connectivity index (χ3n) is 7.78. The molecule has 194 valence electrons. The average Bonchev–Trinajstić information content (AvgIpc) is 3.67. The lowest BCUT2D eigenvalue weighted by Gasteiger charge is -2.28. The Kier molecular flexibility index (Phi) is 6.93. The van der Waals surface area contributed by atoms with Gasteiger partial charge in [-0.1, -0.05) is 44.2 Å². The van der Waals surface area contributed by atoms with Gasteiger partial charge in [0.1, 0.15) is 5.82 Å². The van der Waals surface area contributed by atoms with Crippen LogP contribution in [0.3, 0.4) is 0 Å². The maximum atomic E-state index is 11.9. The van der Waals surface area contributed by atoms with E-state index < -0.39 is 0 Å². The Balaban J connectivity index is 1.49. The lowest BCUT2D eigenvalue weighted by Crippen LogP contribution is -2.31. The maximum absolute atomic E-state index is 11.9. The Morgan fingerprint density at radius 2 is 2.03 bits per heavy atom. The third-order valence-corrected chi connectivity index (χ3v) is 7.78. The van der Waals surface area contributed by atoms with E-state index in [0.29, 0.717) is 17.5 Å². The zero-order valence-corrected chi connectivity index (χ0v) is 22.6. The van der Waals surface area contributed by atoms with Crippen molar-refractivity contribution in [2.24, 2.45) is 18.9 Å². The molecule has 1 saturated carbocycles. The van der Waals surface area contributed by atoms with E-state index in [2.05, 4.69) is 68.1 Å². The molecule has 0 saturated heterocycles. The van der Waals surface area contributed by atoms with Gasteiger partial charge in [-0.15, -0.1) is 0 Å². The van der Waals surface area contributed by atoms with Crippen LogP contribution in [0, 0.1) is 17.2 Å². The van der Waals surface area contributed by atoms with Gasteiger partial charge in [0.2, 0.25) is 0 Å². The van der Waals surface area contributed by atoms with Crippen LogP contribution in [0.5, 0.6) is 0 Å². The van der Waals surface area contributed by atoms with Crippen molar-refractivity contribution in [1.82, 2.24) is 14.9 Å². The second-order valence-corrected chi connectivity index (χ2v) is 11.0. The summed E-state index contributed by atoms with van der Waals surface area (Å²) >= 11 is 0. The highest BCUT2D eigenvalue weighted by molar-refractivity contribution is 6.19. The number of dihydropyridines is 1. The summed E-state index contributed by atoms with van der Waals surface area (Å²) in [5, 5.41) is 12.3. The van der Waals surface area contributed by atoms with Gasteiger partial charge < -0.3 is 20.0 Å². The highest BCUT2D eigenvalue weighted by Crippen LogP contribution is 2.46. The monoisotopic (exact) mass is 498 g/mol. The van der Waals surface area contributed by atoms with Gasteiger partial charge in [-0.2, -0.15) is 0 Å². The normalized spacial score (nSPS) is 24.9. The van der Waals surface area contributed by atoms with Gasteiger partial charge in [0.25, 0.3) is 0 Å². The van der Waals surface area contributed by atoms with Crippen molar-refractivity contribution in [3.8, 4) is 0 Å². The van der Waals surface area contributed by atoms with E-state index in [1.807, 2.05) is 12.2 Å². The minimum Gasteiger partial charge on any atom is -0.469 e. The van der Waals surface area contributed by atoms with E-state index in [1.54, 1.807) is 0 Å². The van der Waals surface area contributed by atoms with E-state index in [-0.39, 0.29) is 17.9 Å². The van der Waals surface area contributed by atoms with Crippen molar-refractivity contribution < 1.29 is 9.53 Å². The second kappa shape index (κ2) is 10.2. The number of aromatic nitrogens is 2. The number of methoxy groups -OCH3 is 1. The van der Waals surface area contributed by atoms with Crippen LogP contribution in [0.2, 0.25) is 0 Å².